The van der Waals surface area contributed by atoms with Crippen molar-refractivity contribution in [1.82, 2.24) is 15.1 Å². The summed E-state index contributed by atoms with van der Waals surface area (Å²) in [6, 6.07) is 13.6. The maximum atomic E-state index is 13.6. The lowest BCUT2D eigenvalue weighted by molar-refractivity contribution is -0.122. The Morgan fingerprint density at radius 3 is 2.45 bits per heavy atom. The van der Waals surface area contributed by atoms with Crippen molar-refractivity contribution in [3.05, 3.63) is 65.5 Å². The maximum absolute atomic E-state index is 13.6. The van der Waals surface area contributed by atoms with Crippen LogP contribution in [0.15, 0.2) is 48.5 Å². The Morgan fingerprint density at radius 2 is 1.72 bits per heavy atom. The summed E-state index contributed by atoms with van der Waals surface area (Å²) < 4.78 is 19.2. The number of halogens is 1. The Labute approximate surface area is 170 Å². The van der Waals surface area contributed by atoms with Crippen LogP contribution in [0.3, 0.4) is 0 Å². The molecule has 1 N–H and O–H groups in total. The normalized spacial score (nSPS) is 14.5. The second-order valence-corrected chi connectivity index (χ2v) is 6.87. The molecule has 154 valence electrons. The quantitative estimate of drug-likeness (QED) is 0.776. The van der Waals surface area contributed by atoms with Crippen LogP contribution in [-0.2, 0) is 11.3 Å². The van der Waals surface area contributed by atoms with Gasteiger partial charge in [-0.2, -0.15) is 0 Å². The fourth-order valence-corrected chi connectivity index (χ4v) is 3.30. The highest BCUT2D eigenvalue weighted by molar-refractivity contribution is 5.97. The van der Waals surface area contributed by atoms with E-state index in [1.807, 2.05) is 24.0 Å². The highest BCUT2D eigenvalue weighted by atomic mass is 19.1. The molecule has 1 fully saturated rings. The molecule has 0 bridgehead atoms. The first-order valence-electron chi connectivity index (χ1n) is 9.82. The van der Waals surface area contributed by atoms with Crippen molar-refractivity contribution in [3.8, 4) is 5.75 Å². The van der Waals surface area contributed by atoms with Crippen LogP contribution < -0.4 is 10.1 Å². The van der Waals surface area contributed by atoms with E-state index >= 15 is 0 Å². The van der Waals surface area contributed by atoms with E-state index < -0.39 is 0 Å². The fourth-order valence-electron chi connectivity index (χ4n) is 3.30. The monoisotopic (exact) mass is 399 g/mol. The fraction of sp³-hybridized carbons (Fsp3) is 0.364. The van der Waals surface area contributed by atoms with Crippen LogP contribution in [0, 0.1) is 5.82 Å². The molecule has 1 heterocycles. The van der Waals surface area contributed by atoms with E-state index in [2.05, 4.69) is 5.32 Å². The van der Waals surface area contributed by atoms with Gasteiger partial charge < -0.3 is 15.0 Å². The molecule has 0 atom stereocenters. The predicted octanol–water partition coefficient (Wildman–Crippen LogP) is 2.30. The van der Waals surface area contributed by atoms with Crippen molar-refractivity contribution in [3.63, 3.8) is 0 Å². The number of rotatable bonds is 7. The number of ether oxygens (including phenoxy) is 1. The van der Waals surface area contributed by atoms with Crippen LogP contribution in [0.2, 0.25) is 0 Å². The molecule has 0 spiro atoms. The molecule has 3 rings (SSSR count). The molecule has 1 aliphatic rings. The number of carbonyl (C=O) groups is 2. The van der Waals surface area contributed by atoms with Crippen LogP contribution in [0.4, 0.5) is 4.39 Å². The van der Waals surface area contributed by atoms with Gasteiger partial charge in [-0.15, -0.1) is 0 Å². The van der Waals surface area contributed by atoms with Gasteiger partial charge in [0.05, 0.1) is 18.7 Å². The van der Waals surface area contributed by atoms with Crippen molar-refractivity contribution in [2.75, 3.05) is 39.3 Å². The number of amides is 2. The number of carbonyl (C=O) groups excluding carboxylic acids is 2. The minimum atomic E-state index is -0.327. The standard InChI is InChI=1S/C22H26FN3O3/c1-2-29-20-10-6-4-8-18(20)22(28)26-13-11-25(12-14-26)16-21(27)24-15-17-7-3-5-9-19(17)23/h3-10H,2,11-16H2,1H3,(H,24,27). The molecule has 1 aliphatic heterocycles. The molecule has 6 nitrogen and oxygen atoms in total. The number of nitrogens with zero attached hydrogens (tertiary/aromatic N) is 2. The molecule has 7 heteroatoms. The second-order valence-electron chi connectivity index (χ2n) is 6.87. The third-order valence-corrected chi connectivity index (χ3v) is 4.88. The maximum Gasteiger partial charge on any atom is 0.257 e. The molecule has 29 heavy (non-hydrogen) atoms. The van der Waals surface area contributed by atoms with Crippen molar-refractivity contribution >= 4 is 11.8 Å². The highest BCUT2D eigenvalue weighted by Gasteiger charge is 2.25. The molecule has 1 saturated heterocycles. The van der Waals surface area contributed by atoms with E-state index in [1.54, 1.807) is 35.2 Å². The first-order valence-corrected chi connectivity index (χ1v) is 9.82. The zero-order chi connectivity index (χ0) is 20.6. The summed E-state index contributed by atoms with van der Waals surface area (Å²) in [6.07, 6.45) is 0. The lowest BCUT2D eigenvalue weighted by atomic mass is 10.1. The van der Waals surface area contributed by atoms with Crippen molar-refractivity contribution in [2.45, 2.75) is 13.5 Å². The highest BCUT2D eigenvalue weighted by Crippen LogP contribution is 2.20. The van der Waals surface area contributed by atoms with Gasteiger partial charge in [-0.25, -0.2) is 4.39 Å². The lowest BCUT2D eigenvalue weighted by Crippen LogP contribution is -2.51. The van der Waals surface area contributed by atoms with Crippen molar-refractivity contribution < 1.29 is 18.7 Å². The predicted molar refractivity (Wildman–Crippen MR) is 108 cm³/mol. The average molecular weight is 399 g/mol. The van der Waals surface area contributed by atoms with Gasteiger partial charge in [-0.05, 0) is 25.1 Å². The van der Waals surface area contributed by atoms with Crippen molar-refractivity contribution in [1.29, 1.82) is 0 Å². The minimum absolute atomic E-state index is 0.0577. The number of piperazine rings is 1. The average Bonchev–Trinajstić information content (AvgIpc) is 2.74. The van der Waals surface area contributed by atoms with E-state index in [1.165, 1.54) is 6.07 Å². The molecular weight excluding hydrogens is 373 g/mol. The molecule has 0 unspecified atom stereocenters. The van der Waals surface area contributed by atoms with E-state index in [-0.39, 0.29) is 30.7 Å². The molecule has 2 aromatic carbocycles. The summed E-state index contributed by atoms with van der Waals surface area (Å²) >= 11 is 0. The smallest absolute Gasteiger partial charge is 0.257 e. The summed E-state index contributed by atoms with van der Waals surface area (Å²) in [5.74, 6) is 0.0506. The molecule has 0 aromatic heterocycles. The number of para-hydroxylation sites is 1. The largest absolute Gasteiger partial charge is 0.493 e. The van der Waals surface area contributed by atoms with Gasteiger partial charge in [0.25, 0.3) is 5.91 Å². The number of benzene rings is 2. The van der Waals surface area contributed by atoms with Crippen LogP contribution >= 0.6 is 0 Å². The first-order chi connectivity index (χ1) is 14.1. The number of hydrogen-bond donors (Lipinski definition) is 1. The Balaban J connectivity index is 1.47. The van der Waals surface area contributed by atoms with E-state index in [4.69, 9.17) is 4.74 Å². The minimum Gasteiger partial charge on any atom is -0.493 e. The van der Waals surface area contributed by atoms with E-state index in [0.29, 0.717) is 49.7 Å². The van der Waals surface area contributed by atoms with Gasteiger partial charge in [-0.1, -0.05) is 30.3 Å². The summed E-state index contributed by atoms with van der Waals surface area (Å²) in [6.45, 7) is 5.08. The molecule has 2 amide bonds. The van der Waals surface area contributed by atoms with Gasteiger partial charge in [0.15, 0.2) is 0 Å². The van der Waals surface area contributed by atoms with E-state index in [9.17, 15) is 14.0 Å². The molecule has 0 aliphatic carbocycles. The number of nitrogens with one attached hydrogen (secondary N) is 1. The summed E-state index contributed by atoms with van der Waals surface area (Å²) in [7, 11) is 0. The Kier molecular flexibility index (Phi) is 7.19. The van der Waals surface area contributed by atoms with Crippen LogP contribution in [0.1, 0.15) is 22.8 Å². The first kappa shape index (κ1) is 20.8. The molecule has 0 radical (unpaired) electrons. The van der Waals surface area contributed by atoms with Gasteiger partial charge in [0.1, 0.15) is 11.6 Å². The third-order valence-electron chi connectivity index (χ3n) is 4.88. The van der Waals surface area contributed by atoms with Crippen LogP contribution in [-0.4, -0.2) is 60.9 Å². The topological polar surface area (TPSA) is 61.9 Å². The van der Waals surface area contributed by atoms with Crippen LogP contribution in [0.25, 0.3) is 0 Å². The summed E-state index contributed by atoms with van der Waals surface area (Å²) in [5.41, 5.74) is 1.02. The second kappa shape index (κ2) is 10.0. The molecule has 0 saturated carbocycles. The third kappa shape index (κ3) is 5.54. The zero-order valence-electron chi connectivity index (χ0n) is 16.6. The summed E-state index contributed by atoms with van der Waals surface area (Å²) in [5, 5.41) is 2.75. The van der Waals surface area contributed by atoms with Crippen LogP contribution in [0.5, 0.6) is 5.75 Å². The van der Waals surface area contributed by atoms with Gasteiger partial charge in [-0.3, -0.25) is 14.5 Å². The van der Waals surface area contributed by atoms with Gasteiger partial charge in [0.2, 0.25) is 5.91 Å². The lowest BCUT2D eigenvalue weighted by Gasteiger charge is -2.34. The summed E-state index contributed by atoms with van der Waals surface area (Å²) in [4.78, 5) is 28.8. The number of hydrogen-bond acceptors (Lipinski definition) is 4. The Morgan fingerprint density at radius 1 is 1.03 bits per heavy atom. The van der Waals surface area contributed by atoms with Gasteiger partial charge >= 0.3 is 0 Å². The van der Waals surface area contributed by atoms with Gasteiger partial charge in [0, 0.05) is 38.3 Å². The Bertz CT molecular complexity index is 851. The SMILES string of the molecule is CCOc1ccccc1C(=O)N1CCN(CC(=O)NCc2ccccc2F)CC1. The molecule has 2 aromatic rings. The van der Waals surface area contributed by atoms with Crippen molar-refractivity contribution in [2.24, 2.45) is 0 Å². The van der Waals surface area contributed by atoms with E-state index in [0.717, 1.165) is 0 Å². The molecular formula is C22H26FN3O3. The Hall–Kier alpha value is -2.93. The zero-order valence-corrected chi connectivity index (χ0v) is 16.6.